The number of benzene rings is 2. The van der Waals surface area contributed by atoms with Gasteiger partial charge in [-0.2, -0.15) is 0 Å². The summed E-state index contributed by atoms with van der Waals surface area (Å²) in [6.45, 7) is 9.60. The quantitative estimate of drug-likeness (QED) is 0.704. The van der Waals surface area contributed by atoms with Crippen molar-refractivity contribution in [3.05, 3.63) is 71.3 Å². The maximum Gasteiger partial charge on any atom is 0.248 e. The Kier molecular flexibility index (Phi) is 6.21. The lowest BCUT2D eigenvalue weighted by Gasteiger charge is -2.30. The molecule has 2 aromatic rings. The summed E-state index contributed by atoms with van der Waals surface area (Å²) in [6.07, 6.45) is 1.61. The molecular formula is C25H30N2O3. The summed E-state index contributed by atoms with van der Waals surface area (Å²) in [4.78, 5) is 13.9. The molecule has 5 heteroatoms. The number of nitrogens with one attached hydrogen (secondary N) is 1. The normalized spacial score (nSPS) is 17.3. The molecular weight excluding hydrogens is 376 g/mol. The fourth-order valence-corrected chi connectivity index (χ4v) is 3.73. The Morgan fingerprint density at radius 1 is 1.20 bits per heavy atom. The lowest BCUT2D eigenvalue weighted by atomic mass is 9.95. The first-order valence-corrected chi connectivity index (χ1v) is 10.7. The van der Waals surface area contributed by atoms with Gasteiger partial charge in [0.1, 0.15) is 11.9 Å². The van der Waals surface area contributed by atoms with Crippen molar-refractivity contribution < 1.29 is 14.6 Å². The molecule has 30 heavy (non-hydrogen) atoms. The van der Waals surface area contributed by atoms with Crippen molar-refractivity contribution >= 4 is 11.5 Å². The molecule has 0 aromatic heterocycles. The van der Waals surface area contributed by atoms with E-state index in [4.69, 9.17) is 4.74 Å². The van der Waals surface area contributed by atoms with Crippen LogP contribution in [0, 0.1) is 5.92 Å². The van der Waals surface area contributed by atoms with Crippen molar-refractivity contribution in [3.63, 3.8) is 0 Å². The van der Waals surface area contributed by atoms with E-state index in [1.807, 2.05) is 12.1 Å². The molecule has 1 aliphatic carbocycles. The van der Waals surface area contributed by atoms with Crippen molar-refractivity contribution in [2.75, 3.05) is 13.2 Å². The number of ether oxygens (including phenoxy) is 1. The molecule has 0 bridgehead atoms. The maximum atomic E-state index is 11.5. The molecule has 1 amide bonds. The van der Waals surface area contributed by atoms with Gasteiger partial charge >= 0.3 is 0 Å². The maximum absolute atomic E-state index is 11.5. The van der Waals surface area contributed by atoms with Crippen molar-refractivity contribution in [2.24, 2.45) is 5.92 Å². The zero-order valence-corrected chi connectivity index (χ0v) is 17.6. The van der Waals surface area contributed by atoms with Crippen LogP contribution in [0.15, 0.2) is 49.0 Å². The highest BCUT2D eigenvalue weighted by Gasteiger charge is 2.23. The Balaban J connectivity index is 1.33. The third-order valence-electron chi connectivity index (χ3n) is 5.73. The van der Waals surface area contributed by atoms with Gasteiger partial charge in [-0.15, -0.1) is 0 Å². The number of carbonyl (C=O) groups excluding carboxylic acids is 1. The lowest BCUT2D eigenvalue weighted by molar-refractivity contribution is -0.128. The van der Waals surface area contributed by atoms with Crippen LogP contribution < -0.4 is 10.1 Å². The van der Waals surface area contributed by atoms with Crippen LogP contribution in [0.4, 0.5) is 0 Å². The fraction of sp³-hybridized carbons (Fsp3) is 0.400. The summed E-state index contributed by atoms with van der Waals surface area (Å²) in [5, 5.41) is 12.0. The Bertz CT molecular complexity index is 916. The molecule has 1 heterocycles. The van der Waals surface area contributed by atoms with E-state index in [2.05, 4.69) is 47.1 Å². The molecule has 1 fully saturated rings. The van der Waals surface area contributed by atoms with Crippen LogP contribution in [0.2, 0.25) is 0 Å². The molecule has 1 aliphatic heterocycles. The molecule has 0 radical (unpaired) electrons. The minimum absolute atomic E-state index is 0.356. The number of fused-ring (bicyclic) bond motifs is 1. The molecule has 2 N–H and O–H groups in total. The van der Waals surface area contributed by atoms with Crippen molar-refractivity contribution in [3.8, 4) is 5.75 Å². The van der Waals surface area contributed by atoms with Crippen molar-refractivity contribution in [1.29, 1.82) is 0 Å². The average molecular weight is 407 g/mol. The zero-order valence-electron chi connectivity index (χ0n) is 17.6. The lowest BCUT2D eigenvalue weighted by Crippen LogP contribution is -2.32. The first kappa shape index (κ1) is 20.6. The van der Waals surface area contributed by atoms with Gasteiger partial charge in [-0.05, 0) is 65.6 Å². The monoisotopic (exact) mass is 406 g/mol. The van der Waals surface area contributed by atoms with Gasteiger partial charge in [0.25, 0.3) is 0 Å². The van der Waals surface area contributed by atoms with Crippen LogP contribution >= 0.6 is 0 Å². The van der Waals surface area contributed by atoms with Gasteiger partial charge in [0, 0.05) is 26.2 Å². The standard InChI is InChI=1S/C25H30N2O3/c1-17-13-27(14-20-5-3-19(4-6-20)12-26-25(29)18(2)28)15-22-9-10-23(11-24(17)22)30-16-21-7-8-21/h3-6,9-11,18,21,28H,1,7-8,12-16H2,2H3,(H,26,29). The number of aliphatic hydroxyl groups is 1. The largest absolute Gasteiger partial charge is 0.493 e. The summed E-state index contributed by atoms with van der Waals surface area (Å²) in [5.41, 5.74) is 5.89. The number of amides is 1. The summed E-state index contributed by atoms with van der Waals surface area (Å²) in [6, 6.07) is 14.6. The van der Waals surface area contributed by atoms with E-state index in [-0.39, 0.29) is 5.91 Å². The van der Waals surface area contributed by atoms with Gasteiger partial charge in [-0.3, -0.25) is 9.69 Å². The first-order chi connectivity index (χ1) is 14.5. The Hall–Kier alpha value is -2.63. The first-order valence-electron chi connectivity index (χ1n) is 10.7. The van der Waals surface area contributed by atoms with E-state index in [1.54, 1.807) is 0 Å². The van der Waals surface area contributed by atoms with E-state index >= 15 is 0 Å². The summed E-state index contributed by atoms with van der Waals surface area (Å²) < 4.78 is 5.93. The molecule has 5 nitrogen and oxygen atoms in total. The van der Waals surface area contributed by atoms with Crippen LogP contribution in [0.5, 0.6) is 5.75 Å². The second-order valence-electron chi connectivity index (χ2n) is 8.53. The van der Waals surface area contributed by atoms with E-state index < -0.39 is 6.10 Å². The minimum atomic E-state index is -0.986. The molecule has 1 unspecified atom stereocenters. The average Bonchev–Trinajstić information content (AvgIpc) is 3.56. The highest BCUT2D eigenvalue weighted by molar-refractivity contribution is 5.79. The summed E-state index contributed by atoms with van der Waals surface area (Å²) in [5.74, 6) is 1.35. The summed E-state index contributed by atoms with van der Waals surface area (Å²) in [7, 11) is 0. The van der Waals surface area contributed by atoms with E-state index in [0.29, 0.717) is 6.54 Å². The SMILES string of the molecule is C=C1CN(Cc2ccc(CNC(=O)C(C)O)cc2)Cc2ccc(OCC3CC3)cc21. The van der Waals surface area contributed by atoms with Gasteiger partial charge in [-0.25, -0.2) is 0 Å². The molecule has 158 valence electrons. The fourth-order valence-electron chi connectivity index (χ4n) is 3.73. The van der Waals surface area contributed by atoms with Gasteiger partial charge < -0.3 is 15.2 Å². The number of nitrogens with zero attached hydrogens (tertiary/aromatic N) is 1. The highest BCUT2D eigenvalue weighted by atomic mass is 16.5. The van der Waals surface area contributed by atoms with Gasteiger partial charge in [0.2, 0.25) is 5.91 Å². The number of aliphatic hydroxyl groups excluding tert-OH is 1. The number of hydrogen-bond acceptors (Lipinski definition) is 4. The van der Waals surface area contributed by atoms with Gasteiger partial charge in [0.15, 0.2) is 0 Å². The van der Waals surface area contributed by atoms with E-state index in [1.165, 1.54) is 36.5 Å². The summed E-state index contributed by atoms with van der Waals surface area (Å²) >= 11 is 0. The van der Waals surface area contributed by atoms with Crippen LogP contribution in [0.3, 0.4) is 0 Å². The number of rotatable bonds is 8. The van der Waals surface area contributed by atoms with Crippen LogP contribution in [0.1, 0.15) is 42.0 Å². The molecule has 1 saturated carbocycles. The zero-order chi connectivity index (χ0) is 21.1. The second kappa shape index (κ2) is 9.02. The number of carbonyl (C=O) groups is 1. The molecule has 0 spiro atoms. The van der Waals surface area contributed by atoms with Crippen molar-refractivity contribution in [2.45, 2.75) is 45.5 Å². The molecule has 1 atom stereocenters. The third-order valence-corrected chi connectivity index (χ3v) is 5.73. The van der Waals surface area contributed by atoms with Crippen LogP contribution in [-0.4, -0.2) is 35.2 Å². The highest BCUT2D eigenvalue weighted by Crippen LogP contribution is 2.33. The van der Waals surface area contributed by atoms with E-state index in [9.17, 15) is 9.90 Å². The smallest absolute Gasteiger partial charge is 0.248 e. The van der Waals surface area contributed by atoms with Crippen LogP contribution in [0.25, 0.3) is 5.57 Å². The second-order valence-corrected chi connectivity index (χ2v) is 8.53. The minimum Gasteiger partial charge on any atom is -0.493 e. The Morgan fingerprint density at radius 2 is 1.93 bits per heavy atom. The molecule has 2 aliphatic rings. The molecule has 0 saturated heterocycles. The predicted octanol–water partition coefficient (Wildman–Crippen LogP) is 3.50. The Morgan fingerprint density at radius 3 is 2.63 bits per heavy atom. The van der Waals surface area contributed by atoms with Gasteiger partial charge in [0.05, 0.1) is 6.61 Å². The molecule has 2 aromatic carbocycles. The molecule has 4 rings (SSSR count). The van der Waals surface area contributed by atoms with Gasteiger partial charge in [-0.1, -0.05) is 36.9 Å². The van der Waals surface area contributed by atoms with Crippen molar-refractivity contribution in [1.82, 2.24) is 10.2 Å². The van der Waals surface area contributed by atoms with Crippen LogP contribution in [-0.2, 0) is 24.4 Å². The topological polar surface area (TPSA) is 61.8 Å². The third kappa shape index (κ3) is 5.29. The predicted molar refractivity (Wildman–Crippen MR) is 118 cm³/mol. The van der Waals surface area contributed by atoms with E-state index in [0.717, 1.165) is 49.0 Å². The Labute approximate surface area is 178 Å². The number of hydrogen-bond donors (Lipinski definition) is 2.